The van der Waals surface area contributed by atoms with E-state index in [0.717, 1.165) is 6.92 Å². The molecule has 1 saturated heterocycles. The van der Waals surface area contributed by atoms with Crippen LogP contribution in [0.5, 0.6) is 17.2 Å². The summed E-state index contributed by atoms with van der Waals surface area (Å²) in [4.78, 5) is 66.2. The standard InChI is InChI=1S/C36H45N3O12.ClH/c1-14(2)10-21(39-34(46)15(3)37)35(47)38-20-11-24(50-16(4)29(20)41)51-23-13-36(48,17(5)40)12-19-26(23)33(45)28-27(31(19)43)30(42)18-8-7-9-22(49-6)25(18)32(28)44;/h7-9,14-16,20-21,23-24,29,41,43,45,48H,10-13,37H2,1-6H3,(H,38,47)(H,39,46);1H. The van der Waals surface area contributed by atoms with Gasteiger partial charge in [0.1, 0.15) is 35.0 Å². The molecule has 0 spiro atoms. The minimum atomic E-state index is -2.12. The number of hydrogen-bond acceptors (Lipinski definition) is 13. The third kappa shape index (κ3) is 7.38. The Morgan fingerprint density at radius 3 is 2.31 bits per heavy atom. The van der Waals surface area contributed by atoms with Gasteiger partial charge in [-0.2, -0.15) is 0 Å². The van der Waals surface area contributed by atoms with Gasteiger partial charge in [-0.15, -0.1) is 12.4 Å². The number of Topliss-reactive ketones (excluding diaryl/α,β-unsaturated/α-hetero) is 1. The molecule has 1 aliphatic heterocycles. The van der Waals surface area contributed by atoms with Crippen molar-refractivity contribution in [3.05, 3.63) is 51.6 Å². The molecule has 15 nitrogen and oxygen atoms in total. The Kier molecular flexibility index (Phi) is 12.1. The number of carbonyl (C=O) groups excluding carboxylic acids is 5. The molecular formula is C36H46ClN3O12. The van der Waals surface area contributed by atoms with Crippen LogP contribution in [-0.2, 0) is 30.3 Å². The quantitative estimate of drug-likeness (QED) is 0.146. The number of hydrogen-bond donors (Lipinski definition) is 7. The summed E-state index contributed by atoms with van der Waals surface area (Å²) >= 11 is 0. The number of nitrogens with one attached hydrogen (secondary N) is 2. The number of aliphatic hydroxyl groups is 2. The van der Waals surface area contributed by atoms with Crippen LogP contribution in [0.25, 0.3) is 0 Å². The van der Waals surface area contributed by atoms with Gasteiger partial charge in [-0.05, 0) is 39.2 Å². The van der Waals surface area contributed by atoms with Crippen molar-refractivity contribution < 1.29 is 58.6 Å². The highest BCUT2D eigenvalue weighted by Gasteiger charge is 2.50. The van der Waals surface area contributed by atoms with Crippen LogP contribution in [0.2, 0.25) is 0 Å². The van der Waals surface area contributed by atoms with Crippen LogP contribution in [0.4, 0.5) is 0 Å². The Balaban J connectivity index is 0.00000605. The Bertz CT molecular complexity index is 1780. The van der Waals surface area contributed by atoms with Gasteiger partial charge in [0.25, 0.3) is 0 Å². The topological polar surface area (TPSA) is 244 Å². The normalized spacial score (nSPS) is 26.2. The number of rotatable bonds is 10. The van der Waals surface area contributed by atoms with E-state index in [0.29, 0.717) is 0 Å². The van der Waals surface area contributed by atoms with Crippen LogP contribution in [0.1, 0.15) is 103 Å². The second-order valence-electron chi connectivity index (χ2n) is 14.1. The van der Waals surface area contributed by atoms with Crippen LogP contribution >= 0.6 is 12.4 Å². The summed E-state index contributed by atoms with van der Waals surface area (Å²) in [5, 5.41) is 51.2. The Labute approximate surface area is 306 Å². The van der Waals surface area contributed by atoms with Crippen molar-refractivity contribution in [3.8, 4) is 17.2 Å². The fraction of sp³-hybridized carbons (Fsp3) is 0.528. The van der Waals surface area contributed by atoms with Gasteiger partial charge in [0.05, 0.1) is 48.1 Å². The first-order valence-corrected chi connectivity index (χ1v) is 16.9. The van der Waals surface area contributed by atoms with Crippen molar-refractivity contribution in [1.82, 2.24) is 10.6 Å². The van der Waals surface area contributed by atoms with Crippen molar-refractivity contribution in [2.75, 3.05) is 7.11 Å². The number of aliphatic hydroxyl groups excluding tert-OH is 1. The zero-order valence-electron chi connectivity index (χ0n) is 29.7. The summed E-state index contributed by atoms with van der Waals surface area (Å²) in [6.45, 7) is 7.92. The van der Waals surface area contributed by atoms with E-state index in [-0.39, 0.29) is 59.2 Å². The van der Waals surface area contributed by atoms with Gasteiger partial charge in [0.15, 0.2) is 17.9 Å². The molecule has 52 heavy (non-hydrogen) atoms. The third-order valence-electron chi connectivity index (χ3n) is 9.83. The summed E-state index contributed by atoms with van der Waals surface area (Å²) in [5.74, 6) is -4.62. The van der Waals surface area contributed by atoms with Crippen molar-refractivity contribution in [3.63, 3.8) is 0 Å². The molecule has 16 heteroatoms. The van der Waals surface area contributed by atoms with E-state index in [1.165, 1.54) is 32.2 Å². The fourth-order valence-electron chi connectivity index (χ4n) is 7.06. The summed E-state index contributed by atoms with van der Waals surface area (Å²) in [5.41, 5.74) is 2.15. The molecule has 2 amide bonds. The predicted octanol–water partition coefficient (Wildman–Crippen LogP) is 1.49. The Morgan fingerprint density at radius 2 is 1.71 bits per heavy atom. The molecule has 0 bridgehead atoms. The number of amides is 2. The second-order valence-corrected chi connectivity index (χ2v) is 14.1. The second kappa shape index (κ2) is 15.5. The smallest absolute Gasteiger partial charge is 0.242 e. The highest BCUT2D eigenvalue weighted by Crippen LogP contribution is 2.52. The molecule has 1 heterocycles. The average molecular weight is 748 g/mol. The molecular weight excluding hydrogens is 702 g/mol. The molecule has 2 aromatic rings. The number of phenols is 2. The van der Waals surface area contributed by atoms with E-state index in [9.17, 15) is 44.4 Å². The first kappa shape index (κ1) is 40.6. The number of carbonyl (C=O) groups is 5. The van der Waals surface area contributed by atoms with E-state index >= 15 is 0 Å². The lowest BCUT2D eigenvalue weighted by Crippen LogP contribution is -2.59. The van der Waals surface area contributed by atoms with Gasteiger partial charge in [-0.25, -0.2) is 0 Å². The number of ketones is 3. The lowest BCUT2D eigenvalue weighted by molar-refractivity contribution is -0.249. The first-order valence-electron chi connectivity index (χ1n) is 16.9. The van der Waals surface area contributed by atoms with Crippen LogP contribution in [0.15, 0.2) is 18.2 Å². The van der Waals surface area contributed by atoms with E-state index in [1.807, 2.05) is 13.8 Å². The number of phenolic OH excluding ortho intramolecular Hbond substituents is 2. The monoisotopic (exact) mass is 747 g/mol. The Morgan fingerprint density at radius 1 is 1.06 bits per heavy atom. The maximum atomic E-state index is 13.9. The highest BCUT2D eigenvalue weighted by atomic mass is 35.5. The van der Waals surface area contributed by atoms with Gasteiger partial charge < -0.3 is 51.0 Å². The van der Waals surface area contributed by atoms with Gasteiger partial charge in [0, 0.05) is 36.0 Å². The molecule has 1 fully saturated rings. The van der Waals surface area contributed by atoms with Crippen LogP contribution in [0, 0.1) is 5.92 Å². The van der Waals surface area contributed by atoms with Crippen molar-refractivity contribution in [1.29, 1.82) is 0 Å². The number of halogens is 1. The predicted molar refractivity (Wildman–Crippen MR) is 187 cm³/mol. The molecule has 0 radical (unpaired) electrons. The molecule has 284 valence electrons. The van der Waals surface area contributed by atoms with Gasteiger partial charge in [0.2, 0.25) is 17.6 Å². The van der Waals surface area contributed by atoms with Crippen LogP contribution < -0.4 is 21.1 Å². The minimum Gasteiger partial charge on any atom is -0.507 e. The average Bonchev–Trinajstić information content (AvgIpc) is 3.06. The molecule has 8 unspecified atom stereocenters. The zero-order valence-corrected chi connectivity index (χ0v) is 30.5. The molecule has 8 N–H and O–H groups in total. The molecule has 2 aliphatic carbocycles. The van der Waals surface area contributed by atoms with Gasteiger partial charge in [-0.1, -0.05) is 26.0 Å². The minimum absolute atomic E-state index is 0. The number of ether oxygens (including phenoxy) is 3. The molecule has 0 aromatic heterocycles. The van der Waals surface area contributed by atoms with E-state index in [4.69, 9.17) is 19.9 Å². The Hall–Kier alpha value is -4.12. The van der Waals surface area contributed by atoms with Crippen molar-refractivity contribution in [2.45, 2.75) is 109 Å². The summed E-state index contributed by atoms with van der Waals surface area (Å²) in [7, 11) is 1.32. The largest absolute Gasteiger partial charge is 0.507 e. The van der Waals surface area contributed by atoms with E-state index in [2.05, 4.69) is 10.6 Å². The number of fused-ring (bicyclic) bond motifs is 3. The molecule has 5 rings (SSSR count). The van der Waals surface area contributed by atoms with Crippen LogP contribution in [-0.4, -0.2) is 98.9 Å². The SMILES string of the molecule is COc1cccc2c1C(=O)c1c(O)c3c(c(O)c1C2=O)CC(O)(C(C)=O)CC3OC1CC(NC(=O)C(CC(C)C)NC(=O)C(C)N)C(O)C(C)O1.Cl. The summed E-state index contributed by atoms with van der Waals surface area (Å²) in [6.07, 6.45) is -5.55. The van der Waals surface area contributed by atoms with E-state index < -0.39 is 113 Å². The number of aromatic hydroxyl groups is 2. The summed E-state index contributed by atoms with van der Waals surface area (Å²) < 4.78 is 17.5. The lowest BCUT2D eigenvalue weighted by atomic mass is 9.72. The molecule has 0 saturated carbocycles. The third-order valence-corrected chi connectivity index (χ3v) is 9.83. The van der Waals surface area contributed by atoms with Crippen LogP contribution in [0.3, 0.4) is 0 Å². The highest BCUT2D eigenvalue weighted by molar-refractivity contribution is 6.31. The van der Waals surface area contributed by atoms with Gasteiger partial charge >= 0.3 is 0 Å². The maximum Gasteiger partial charge on any atom is 0.242 e. The molecule has 2 aromatic carbocycles. The number of benzene rings is 2. The fourth-order valence-corrected chi connectivity index (χ4v) is 7.06. The maximum absolute atomic E-state index is 13.9. The lowest BCUT2D eigenvalue weighted by Gasteiger charge is -2.43. The number of nitrogens with two attached hydrogens (primary N) is 1. The van der Waals surface area contributed by atoms with Crippen molar-refractivity contribution >= 4 is 41.6 Å². The zero-order chi connectivity index (χ0) is 37.7. The van der Waals surface area contributed by atoms with Crippen molar-refractivity contribution in [2.24, 2.45) is 11.7 Å². The van der Waals surface area contributed by atoms with Gasteiger partial charge in [-0.3, -0.25) is 24.0 Å². The number of methoxy groups -OCH3 is 1. The molecule has 8 atom stereocenters. The molecule has 3 aliphatic rings. The first-order chi connectivity index (χ1) is 23.9. The van der Waals surface area contributed by atoms with E-state index in [1.54, 1.807) is 6.92 Å². The summed E-state index contributed by atoms with van der Waals surface area (Å²) in [6, 6.07) is 1.58.